The summed E-state index contributed by atoms with van der Waals surface area (Å²) in [7, 11) is 1.61. The number of hydrogen-bond acceptors (Lipinski definition) is 3. The number of carbonyl (C=O) groups excluding carboxylic acids is 1. The highest BCUT2D eigenvalue weighted by Crippen LogP contribution is 2.32. The van der Waals surface area contributed by atoms with Crippen LogP contribution in [0.1, 0.15) is 22.3 Å². The molecule has 0 aromatic heterocycles. The number of anilines is 1. The fourth-order valence-corrected chi connectivity index (χ4v) is 1.85. The van der Waals surface area contributed by atoms with E-state index in [1.165, 1.54) is 17.0 Å². The first-order valence-electron chi connectivity index (χ1n) is 4.86. The van der Waals surface area contributed by atoms with E-state index in [4.69, 9.17) is 5.11 Å². The molecule has 1 amide bonds. The van der Waals surface area contributed by atoms with Gasteiger partial charge in [-0.15, -0.1) is 0 Å². The molecule has 0 radical (unpaired) electrons. The molecule has 0 aliphatic carbocycles. The highest BCUT2D eigenvalue weighted by atomic mass is 16.4. The molecule has 84 valence electrons. The van der Waals surface area contributed by atoms with Gasteiger partial charge in [0, 0.05) is 19.5 Å². The zero-order chi connectivity index (χ0) is 11.9. The lowest BCUT2D eigenvalue weighted by atomic mass is 9.98. The minimum atomic E-state index is -1.17. The third kappa shape index (κ3) is 1.50. The van der Waals surface area contributed by atoms with E-state index in [1.54, 1.807) is 7.05 Å². The van der Waals surface area contributed by atoms with Gasteiger partial charge < -0.3 is 15.1 Å². The molecule has 16 heavy (non-hydrogen) atoms. The van der Waals surface area contributed by atoms with Crippen molar-refractivity contribution in [3.8, 4) is 5.75 Å². The average Bonchev–Trinajstić information content (AvgIpc) is 2.23. The molecule has 0 saturated carbocycles. The smallest absolute Gasteiger partial charge is 0.339 e. The van der Waals surface area contributed by atoms with Gasteiger partial charge in [-0.2, -0.15) is 0 Å². The lowest BCUT2D eigenvalue weighted by Crippen LogP contribution is -2.31. The van der Waals surface area contributed by atoms with Crippen molar-refractivity contribution >= 4 is 17.6 Å². The van der Waals surface area contributed by atoms with Crippen LogP contribution in [0.2, 0.25) is 0 Å². The number of hydrogen-bond donors (Lipinski definition) is 2. The van der Waals surface area contributed by atoms with Crippen molar-refractivity contribution < 1.29 is 19.8 Å². The fraction of sp³-hybridized carbons (Fsp3) is 0.273. The van der Waals surface area contributed by atoms with Gasteiger partial charge >= 0.3 is 5.97 Å². The molecule has 5 heteroatoms. The molecule has 0 unspecified atom stereocenters. The number of carbonyl (C=O) groups is 2. The van der Waals surface area contributed by atoms with Gasteiger partial charge in [-0.05, 0) is 18.1 Å². The second-order valence-corrected chi connectivity index (χ2v) is 3.76. The lowest BCUT2D eigenvalue weighted by Gasteiger charge is -2.26. The van der Waals surface area contributed by atoms with Crippen LogP contribution in [0.5, 0.6) is 5.75 Å². The summed E-state index contributed by atoms with van der Waals surface area (Å²) < 4.78 is 0. The summed E-state index contributed by atoms with van der Waals surface area (Å²) in [6.45, 7) is 0. The molecule has 2 rings (SSSR count). The predicted molar refractivity (Wildman–Crippen MR) is 56.8 cm³/mol. The molecule has 1 aromatic rings. The minimum Gasteiger partial charge on any atom is -0.507 e. The summed E-state index contributed by atoms with van der Waals surface area (Å²) in [5.41, 5.74) is 1.23. The molecular formula is C11H11NO4. The Morgan fingerprint density at radius 3 is 2.69 bits per heavy atom. The van der Waals surface area contributed by atoms with Crippen LogP contribution in [-0.4, -0.2) is 29.1 Å². The Morgan fingerprint density at radius 2 is 2.06 bits per heavy atom. The quantitative estimate of drug-likeness (QED) is 0.741. The van der Waals surface area contributed by atoms with E-state index in [1.807, 2.05) is 0 Å². The van der Waals surface area contributed by atoms with Crippen LogP contribution in [0.3, 0.4) is 0 Å². The van der Waals surface area contributed by atoms with E-state index >= 15 is 0 Å². The van der Waals surface area contributed by atoms with Gasteiger partial charge in [0.05, 0.1) is 5.69 Å². The van der Waals surface area contributed by atoms with Crippen molar-refractivity contribution in [2.75, 3.05) is 11.9 Å². The number of benzene rings is 1. The molecule has 0 atom stereocenters. The Bertz CT molecular complexity index is 481. The molecule has 0 saturated heterocycles. The van der Waals surface area contributed by atoms with Crippen LogP contribution in [0.25, 0.3) is 0 Å². The van der Waals surface area contributed by atoms with Crippen molar-refractivity contribution in [1.29, 1.82) is 0 Å². The zero-order valence-corrected chi connectivity index (χ0v) is 8.73. The van der Waals surface area contributed by atoms with Gasteiger partial charge in [-0.3, -0.25) is 4.79 Å². The van der Waals surface area contributed by atoms with Crippen molar-refractivity contribution in [1.82, 2.24) is 0 Å². The Kier molecular flexibility index (Phi) is 2.30. The maximum atomic E-state index is 11.4. The monoisotopic (exact) mass is 221 g/mol. The van der Waals surface area contributed by atoms with Crippen LogP contribution in [0.15, 0.2) is 12.1 Å². The third-order valence-corrected chi connectivity index (χ3v) is 2.77. The van der Waals surface area contributed by atoms with E-state index < -0.39 is 5.97 Å². The third-order valence-electron chi connectivity index (χ3n) is 2.77. The number of carboxylic acid groups (broad SMARTS) is 1. The molecule has 2 N–H and O–H groups in total. The van der Waals surface area contributed by atoms with E-state index in [0.29, 0.717) is 18.5 Å². The highest BCUT2D eigenvalue weighted by molar-refractivity contribution is 5.98. The lowest BCUT2D eigenvalue weighted by molar-refractivity contribution is -0.118. The molecule has 0 fully saturated rings. The number of rotatable bonds is 1. The van der Waals surface area contributed by atoms with E-state index in [0.717, 1.165) is 5.56 Å². The number of fused-ring (bicyclic) bond motifs is 1. The minimum absolute atomic E-state index is 0.0324. The van der Waals surface area contributed by atoms with Crippen molar-refractivity contribution in [2.45, 2.75) is 12.8 Å². The molecule has 1 aromatic carbocycles. The number of phenols is 1. The largest absolute Gasteiger partial charge is 0.507 e. The number of aromatic hydroxyl groups is 1. The van der Waals surface area contributed by atoms with Gasteiger partial charge in [0.1, 0.15) is 11.3 Å². The first kappa shape index (κ1) is 10.5. The van der Waals surface area contributed by atoms with Gasteiger partial charge in [0.25, 0.3) is 0 Å². The maximum absolute atomic E-state index is 11.4. The average molecular weight is 221 g/mol. The Balaban J connectivity index is 2.56. The van der Waals surface area contributed by atoms with Gasteiger partial charge in [-0.25, -0.2) is 4.79 Å². The second-order valence-electron chi connectivity index (χ2n) is 3.76. The van der Waals surface area contributed by atoms with Crippen LogP contribution in [0.4, 0.5) is 5.69 Å². The number of aromatic carboxylic acids is 1. The molecule has 0 bridgehead atoms. The van der Waals surface area contributed by atoms with Crippen molar-refractivity contribution in [2.24, 2.45) is 0 Å². The normalized spacial score (nSPS) is 14.8. The topological polar surface area (TPSA) is 77.8 Å². The number of nitrogens with zero attached hydrogens (tertiary/aromatic N) is 1. The van der Waals surface area contributed by atoms with Gasteiger partial charge in [0.2, 0.25) is 5.91 Å². The van der Waals surface area contributed by atoms with Gasteiger partial charge in [-0.1, -0.05) is 0 Å². The summed E-state index contributed by atoms with van der Waals surface area (Å²) in [5.74, 6) is -1.51. The first-order valence-corrected chi connectivity index (χ1v) is 4.86. The molecular weight excluding hydrogens is 210 g/mol. The van der Waals surface area contributed by atoms with Crippen LogP contribution in [0, 0.1) is 0 Å². The van der Waals surface area contributed by atoms with Crippen LogP contribution >= 0.6 is 0 Å². The molecule has 5 nitrogen and oxygen atoms in total. The van der Waals surface area contributed by atoms with Crippen molar-refractivity contribution in [3.05, 3.63) is 23.3 Å². The van der Waals surface area contributed by atoms with Gasteiger partial charge in [0.15, 0.2) is 0 Å². The Hall–Kier alpha value is -2.04. The summed E-state index contributed by atoms with van der Waals surface area (Å²) in [5, 5.41) is 18.4. The zero-order valence-electron chi connectivity index (χ0n) is 8.73. The summed E-state index contributed by atoms with van der Waals surface area (Å²) >= 11 is 0. The molecule has 1 aliphatic rings. The van der Waals surface area contributed by atoms with Crippen LogP contribution in [-0.2, 0) is 11.2 Å². The van der Waals surface area contributed by atoms with Crippen molar-refractivity contribution in [3.63, 3.8) is 0 Å². The van der Waals surface area contributed by atoms with E-state index in [9.17, 15) is 14.7 Å². The molecule has 1 heterocycles. The number of amides is 1. The standard InChI is InChI=1S/C11H11NO4/c1-12-8-5-9(13)7(11(15)16)4-6(8)2-3-10(12)14/h4-5,13H,2-3H2,1H3,(H,15,16). The second kappa shape index (κ2) is 3.52. The summed E-state index contributed by atoms with van der Waals surface area (Å²) in [4.78, 5) is 23.7. The van der Waals surface area contributed by atoms with Crippen LogP contribution < -0.4 is 4.90 Å². The Labute approximate surface area is 91.9 Å². The Morgan fingerprint density at radius 1 is 1.38 bits per heavy atom. The highest BCUT2D eigenvalue weighted by Gasteiger charge is 2.23. The number of carboxylic acids is 1. The molecule has 1 aliphatic heterocycles. The summed E-state index contributed by atoms with van der Waals surface area (Å²) in [6.07, 6.45) is 0.881. The van der Waals surface area contributed by atoms with E-state index in [-0.39, 0.29) is 17.2 Å². The fourth-order valence-electron chi connectivity index (χ4n) is 1.85. The van der Waals surface area contributed by atoms with E-state index in [2.05, 4.69) is 0 Å². The summed E-state index contributed by atoms with van der Waals surface area (Å²) in [6, 6.07) is 2.76. The predicted octanol–water partition coefficient (Wildman–Crippen LogP) is 0.999. The first-order chi connectivity index (χ1) is 7.50. The molecule has 0 spiro atoms. The SMILES string of the molecule is CN1C(=O)CCc2cc(C(=O)O)c(O)cc21. The maximum Gasteiger partial charge on any atom is 0.339 e. The number of aryl methyl sites for hydroxylation is 1.